The van der Waals surface area contributed by atoms with E-state index >= 15 is 0 Å². The van der Waals surface area contributed by atoms with Crippen LogP contribution in [0.2, 0.25) is 0 Å². The van der Waals surface area contributed by atoms with Crippen LogP contribution in [0.15, 0.2) is 23.1 Å². The summed E-state index contributed by atoms with van der Waals surface area (Å²) in [6.45, 7) is 1.92. The summed E-state index contributed by atoms with van der Waals surface area (Å²) < 4.78 is 42.3. The second-order valence-electron chi connectivity index (χ2n) is 3.83. The molecular formula is C12H13NaO7S. The molecule has 0 saturated carbocycles. The van der Waals surface area contributed by atoms with Gasteiger partial charge in [0.2, 0.25) is 0 Å². The Morgan fingerprint density at radius 2 is 1.67 bits per heavy atom. The molecule has 0 N–H and O–H groups in total. The minimum Gasteiger partial charge on any atom is -0.744 e. The van der Waals surface area contributed by atoms with Crippen molar-refractivity contribution >= 4 is 22.1 Å². The van der Waals surface area contributed by atoms with Gasteiger partial charge in [0.25, 0.3) is 0 Å². The Balaban J connectivity index is 0.00000400. The number of carbonyl (C=O) groups is 2. The van der Waals surface area contributed by atoms with Crippen molar-refractivity contribution < 1.29 is 61.6 Å². The summed E-state index contributed by atoms with van der Waals surface area (Å²) in [5.41, 5.74) is -0.413. The molecule has 7 nitrogen and oxygen atoms in total. The van der Waals surface area contributed by atoms with Gasteiger partial charge in [0.1, 0.15) is 10.1 Å². The molecule has 0 atom stereocenters. The number of benzene rings is 1. The largest absolute Gasteiger partial charge is 1.00 e. The molecule has 1 aromatic carbocycles. The van der Waals surface area contributed by atoms with Gasteiger partial charge in [-0.15, -0.1) is 0 Å². The fraction of sp³-hybridized carbons (Fsp3) is 0.333. The van der Waals surface area contributed by atoms with E-state index in [0.29, 0.717) is 6.42 Å². The average molecular weight is 324 g/mol. The number of rotatable bonds is 5. The van der Waals surface area contributed by atoms with Crippen molar-refractivity contribution in [3.63, 3.8) is 0 Å². The molecule has 0 spiro atoms. The first-order chi connectivity index (χ1) is 9.29. The van der Waals surface area contributed by atoms with E-state index in [1.165, 1.54) is 0 Å². The number of hydrogen-bond donors (Lipinski definition) is 0. The number of carbonyl (C=O) groups excluding carboxylic acids is 2. The Morgan fingerprint density at radius 1 is 1.14 bits per heavy atom. The van der Waals surface area contributed by atoms with Crippen molar-refractivity contribution in [1.29, 1.82) is 0 Å². The first-order valence-corrected chi connectivity index (χ1v) is 7.06. The van der Waals surface area contributed by atoms with Crippen LogP contribution in [0.5, 0.6) is 0 Å². The Morgan fingerprint density at radius 3 is 2.10 bits per heavy atom. The van der Waals surface area contributed by atoms with E-state index in [2.05, 4.69) is 4.74 Å². The normalized spacial score (nSPS) is 10.4. The molecule has 0 heterocycles. The summed E-state index contributed by atoms with van der Waals surface area (Å²) in [7, 11) is -3.72. The van der Waals surface area contributed by atoms with Crippen LogP contribution in [-0.2, 0) is 19.6 Å². The third-order valence-electron chi connectivity index (χ3n) is 2.29. The smallest absolute Gasteiger partial charge is 0.744 e. The molecule has 0 aliphatic heterocycles. The maximum Gasteiger partial charge on any atom is 1.00 e. The van der Waals surface area contributed by atoms with E-state index in [0.717, 1.165) is 25.3 Å². The van der Waals surface area contributed by atoms with E-state index in [9.17, 15) is 22.6 Å². The van der Waals surface area contributed by atoms with Gasteiger partial charge in [-0.05, 0) is 24.6 Å². The van der Waals surface area contributed by atoms with Crippen LogP contribution in [0.4, 0.5) is 0 Å². The average Bonchev–Trinajstić information content (AvgIpc) is 2.42. The second kappa shape index (κ2) is 8.50. The summed E-state index contributed by atoms with van der Waals surface area (Å²) >= 11 is 0. The molecule has 0 saturated heterocycles. The maximum absolute atomic E-state index is 11.7. The predicted octanol–water partition coefficient (Wildman–Crippen LogP) is -2.05. The van der Waals surface area contributed by atoms with Gasteiger partial charge in [-0.25, -0.2) is 18.0 Å². The molecule has 1 rings (SSSR count). The van der Waals surface area contributed by atoms with Gasteiger partial charge in [-0.2, -0.15) is 0 Å². The van der Waals surface area contributed by atoms with Gasteiger partial charge in [0, 0.05) is 0 Å². The zero-order chi connectivity index (χ0) is 15.3. The summed E-state index contributed by atoms with van der Waals surface area (Å²) in [6, 6.07) is 2.83. The van der Waals surface area contributed by atoms with E-state index in [1.54, 1.807) is 6.92 Å². The fourth-order valence-corrected chi connectivity index (χ4v) is 1.92. The Bertz CT molecular complexity index is 624. The predicted molar refractivity (Wildman–Crippen MR) is 66.3 cm³/mol. The quantitative estimate of drug-likeness (QED) is 0.348. The second-order valence-corrected chi connectivity index (χ2v) is 5.21. The Hall–Kier alpha value is -0.930. The fourth-order valence-electron chi connectivity index (χ4n) is 1.38. The molecule has 110 valence electrons. The van der Waals surface area contributed by atoms with Crippen molar-refractivity contribution in [2.75, 3.05) is 13.7 Å². The molecule has 21 heavy (non-hydrogen) atoms. The molecule has 9 heteroatoms. The minimum absolute atomic E-state index is 0. The third-order valence-corrected chi connectivity index (χ3v) is 3.10. The molecule has 0 aromatic heterocycles. The summed E-state index contributed by atoms with van der Waals surface area (Å²) in [4.78, 5) is 22.4. The Labute approximate surface area is 144 Å². The van der Waals surface area contributed by atoms with Gasteiger partial charge in [-0.1, -0.05) is 6.92 Å². The SMILES string of the molecule is CCCOC(=O)c1cc(C(=O)OC)cc(S(=O)(=O)[O-])c1.[Na+]. The first-order valence-electron chi connectivity index (χ1n) is 5.66. The maximum atomic E-state index is 11.7. The standard InChI is InChI=1S/C12H14O7S.Na/c1-3-4-19-12(14)9-5-8(11(13)18-2)6-10(7-9)20(15,16)17;/h5-7H,3-4H2,1-2H3,(H,15,16,17);/q;+1/p-1. The third kappa shape index (κ3) is 5.76. The molecular weight excluding hydrogens is 311 g/mol. The molecule has 0 fully saturated rings. The van der Waals surface area contributed by atoms with Gasteiger partial charge >= 0.3 is 41.5 Å². The van der Waals surface area contributed by atoms with Crippen LogP contribution < -0.4 is 29.6 Å². The van der Waals surface area contributed by atoms with Crippen molar-refractivity contribution in [2.24, 2.45) is 0 Å². The van der Waals surface area contributed by atoms with Crippen molar-refractivity contribution in [2.45, 2.75) is 18.2 Å². The van der Waals surface area contributed by atoms with E-state index in [4.69, 9.17) is 4.74 Å². The first kappa shape index (κ1) is 20.1. The van der Waals surface area contributed by atoms with Crippen LogP contribution in [0.3, 0.4) is 0 Å². The zero-order valence-electron chi connectivity index (χ0n) is 11.9. The van der Waals surface area contributed by atoms with Gasteiger partial charge in [-0.3, -0.25) is 0 Å². The van der Waals surface area contributed by atoms with E-state index in [-0.39, 0.29) is 47.3 Å². The molecule has 1 aromatic rings. The summed E-state index contributed by atoms with van der Waals surface area (Å²) in [6.07, 6.45) is 0.579. The van der Waals surface area contributed by atoms with Crippen molar-refractivity contribution in [3.05, 3.63) is 29.3 Å². The minimum atomic E-state index is -4.81. The number of methoxy groups -OCH3 is 1. The van der Waals surface area contributed by atoms with Gasteiger partial charge in [0.05, 0.1) is 29.7 Å². The van der Waals surface area contributed by atoms with E-state index < -0.39 is 27.0 Å². The van der Waals surface area contributed by atoms with Crippen LogP contribution in [0.25, 0.3) is 0 Å². The summed E-state index contributed by atoms with van der Waals surface area (Å²) in [5, 5.41) is 0. The van der Waals surface area contributed by atoms with Crippen LogP contribution in [-0.4, -0.2) is 38.6 Å². The van der Waals surface area contributed by atoms with Crippen LogP contribution in [0.1, 0.15) is 34.1 Å². The summed E-state index contributed by atoms with van der Waals surface area (Å²) in [5.74, 6) is -1.68. The number of esters is 2. The van der Waals surface area contributed by atoms with Crippen molar-refractivity contribution in [3.8, 4) is 0 Å². The van der Waals surface area contributed by atoms with E-state index in [1.807, 2.05) is 0 Å². The number of ether oxygens (including phenoxy) is 2. The van der Waals surface area contributed by atoms with Crippen LogP contribution in [0, 0.1) is 0 Å². The topological polar surface area (TPSA) is 110 Å². The molecule has 0 bridgehead atoms. The molecule has 0 radical (unpaired) electrons. The van der Waals surface area contributed by atoms with Crippen LogP contribution >= 0.6 is 0 Å². The van der Waals surface area contributed by atoms with Gasteiger partial charge < -0.3 is 14.0 Å². The zero-order valence-corrected chi connectivity index (χ0v) is 14.7. The monoisotopic (exact) mass is 324 g/mol. The van der Waals surface area contributed by atoms with Gasteiger partial charge in [0.15, 0.2) is 0 Å². The molecule has 0 aliphatic carbocycles. The van der Waals surface area contributed by atoms with Crippen molar-refractivity contribution in [1.82, 2.24) is 0 Å². The molecule has 0 aliphatic rings. The molecule has 0 unspecified atom stereocenters. The Kier molecular flexibility index (Phi) is 8.12. The number of hydrogen-bond acceptors (Lipinski definition) is 7. The molecule has 0 amide bonds.